The Labute approximate surface area is 220 Å². The number of carbonyl (C=O) groups is 3. The topological polar surface area (TPSA) is 199 Å². The molecule has 5 rings (SSSR count). The summed E-state index contributed by atoms with van der Waals surface area (Å²) in [6.45, 7) is 7.69. The van der Waals surface area contributed by atoms with Crippen LogP contribution in [0.5, 0.6) is 0 Å². The molecule has 4 aliphatic heterocycles. The molecule has 4 heterocycles. The predicted molar refractivity (Wildman–Crippen MR) is 138 cm³/mol. The highest BCUT2D eigenvalue weighted by Gasteiger charge is 2.73. The predicted octanol–water partition coefficient (Wildman–Crippen LogP) is -1.78. The Kier molecular flexibility index (Phi) is 5.73. The van der Waals surface area contributed by atoms with Crippen LogP contribution in [0.2, 0.25) is 0 Å². The van der Waals surface area contributed by atoms with Crippen LogP contribution in [0.3, 0.4) is 0 Å². The lowest BCUT2D eigenvalue weighted by Crippen LogP contribution is -2.78. The molecule has 0 aromatic heterocycles. The first kappa shape index (κ1) is 25.9. The minimum Gasteiger partial charge on any atom is -0.370 e. The van der Waals surface area contributed by atoms with Crippen molar-refractivity contribution in [3.8, 4) is 0 Å². The normalized spacial score (nSPS) is 30.0. The Morgan fingerprint density at radius 3 is 2.47 bits per heavy atom. The number of benzene rings is 1. The molecule has 1 aromatic rings. The molecular weight excluding hydrogens is 492 g/mol. The van der Waals surface area contributed by atoms with Crippen molar-refractivity contribution in [3.05, 3.63) is 34.9 Å². The molecule has 2 fully saturated rings. The third-order valence-electron chi connectivity index (χ3n) is 7.90. The number of nitrogens with zero attached hydrogens (tertiary/aromatic N) is 4. The number of amides is 3. The minimum absolute atomic E-state index is 0.0575. The van der Waals surface area contributed by atoms with Gasteiger partial charge in [0.2, 0.25) is 17.6 Å². The van der Waals surface area contributed by atoms with E-state index in [1.165, 1.54) is 4.90 Å². The third kappa shape index (κ3) is 3.63. The Morgan fingerprint density at radius 1 is 1.18 bits per heavy atom. The van der Waals surface area contributed by atoms with Gasteiger partial charge >= 0.3 is 0 Å². The molecule has 0 bridgehead atoms. The Bertz CT molecular complexity index is 1270. The molecule has 13 nitrogen and oxygen atoms in total. The molecule has 0 radical (unpaired) electrons. The van der Waals surface area contributed by atoms with Crippen molar-refractivity contribution in [1.29, 1.82) is 0 Å². The van der Waals surface area contributed by atoms with Crippen LogP contribution in [0.25, 0.3) is 0 Å². The quantitative estimate of drug-likeness (QED) is 0.194. The summed E-state index contributed by atoms with van der Waals surface area (Å²) in [7, 11) is 0. The van der Waals surface area contributed by atoms with Gasteiger partial charge < -0.3 is 37.2 Å². The van der Waals surface area contributed by atoms with Crippen molar-refractivity contribution in [2.45, 2.75) is 75.5 Å². The highest BCUT2D eigenvalue weighted by atomic mass is 16.5. The molecule has 1 spiro atoms. The lowest BCUT2D eigenvalue weighted by Gasteiger charge is -2.49. The van der Waals surface area contributed by atoms with Crippen molar-refractivity contribution < 1.29 is 24.6 Å². The summed E-state index contributed by atoms with van der Waals surface area (Å²) in [4.78, 5) is 49.4. The fourth-order valence-electron chi connectivity index (χ4n) is 6.34. The number of guanidine groups is 2. The van der Waals surface area contributed by atoms with Gasteiger partial charge in [0.15, 0.2) is 17.6 Å². The van der Waals surface area contributed by atoms with E-state index in [0.717, 1.165) is 16.0 Å². The average Bonchev–Trinajstić information content (AvgIpc) is 3.41. The van der Waals surface area contributed by atoms with E-state index < -0.39 is 35.5 Å². The van der Waals surface area contributed by atoms with Crippen LogP contribution in [-0.4, -0.2) is 92.3 Å². The number of nitrogens with two attached hydrogens (primary N) is 2. The number of carbonyl (C=O) groups excluding carboxylic acids is 3. The fraction of sp³-hybridized carbons (Fsp3) is 0.560. The number of aliphatic imine (C=N–C) groups is 2. The first-order chi connectivity index (χ1) is 17.7. The number of hydrogen-bond acceptors (Lipinski definition) is 11. The van der Waals surface area contributed by atoms with Crippen LogP contribution in [0.1, 0.15) is 55.1 Å². The molecular formula is C25H34N8O5. The van der Waals surface area contributed by atoms with Crippen molar-refractivity contribution in [1.82, 2.24) is 20.4 Å². The molecule has 0 aliphatic carbocycles. The summed E-state index contributed by atoms with van der Waals surface area (Å²) < 4.78 is 0. The number of nitrogens with one attached hydrogen (secondary N) is 2. The molecule has 3 amide bonds. The molecule has 204 valence electrons. The van der Waals surface area contributed by atoms with Gasteiger partial charge in [-0.2, -0.15) is 0 Å². The second-order valence-electron chi connectivity index (χ2n) is 11.4. The van der Waals surface area contributed by atoms with E-state index >= 15 is 0 Å². The molecule has 8 N–H and O–H groups in total. The molecule has 4 aliphatic rings. The van der Waals surface area contributed by atoms with Crippen LogP contribution in [-0.2, 0) is 15.0 Å². The maximum atomic E-state index is 13.5. The number of hydrogen-bond donors (Lipinski definition) is 6. The van der Waals surface area contributed by atoms with Gasteiger partial charge in [0.1, 0.15) is 12.1 Å². The standard InChI is InChI=1S/C25H34N8O5/c1-12-6-5-7-13(18(12)23(2,3)4)20(36)29-15-11-33-22(27)28-14(10-32-16(34)8-9-17(32)35)19-24(33,25(15,37)38)31-21(26)30-19/h5-7,14-15,19,37-38H,8-11H2,1-4H3,(H2,27,28)(H,29,36)(H3,26,30,31)/t14-,15?,19?,24?/m0/s1. The van der Waals surface area contributed by atoms with Crippen LogP contribution >= 0.6 is 0 Å². The van der Waals surface area contributed by atoms with Crippen molar-refractivity contribution in [2.75, 3.05) is 13.1 Å². The number of likely N-dealkylation sites (tertiary alicyclic amines) is 1. The Balaban J connectivity index is 1.48. The van der Waals surface area contributed by atoms with E-state index in [-0.39, 0.29) is 55.1 Å². The Morgan fingerprint density at radius 2 is 1.84 bits per heavy atom. The van der Waals surface area contributed by atoms with E-state index in [9.17, 15) is 24.6 Å². The number of imide groups is 1. The summed E-state index contributed by atoms with van der Waals surface area (Å²) in [6.07, 6.45) is 0.202. The van der Waals surface area contributed by atoms with E-state index in [1.54, 1.807) is 12.1 Å². The monoisotopic (exact) mass is 526 g/mol. The molecule has 2 saturated heterocycles. The highest BCUT2D eigenvalue weighted by molar-refractivity contribution is 6.02. The van der Waals surface area contributed by atoms with Gasteiger partial charge in [0.05, 0.1) is 12.6 Å². The number of aliphatic hydroxyl groups is 2. The summed E-state index contributed by atoms with van der Waals surface area (Å²) >= 11 is 0. The molecule has 3 unspecified atom stereocenters. The van der Waals surface area contributed by atoms with Gasteiger partial charge in [-0.15, -0.1) is 0 Å². The van der Waals surface area contributed by atoms with Gasteiger partial charge in [0.25, 0.3) is 5.91 Å². The first-order valence-corrected chi connectivity index (χ1v) is 12.6. The zero-order chi connectivity index (χ0) is 27.8. The van der Waals surface area contributed by atoms with Crippen molar-refractivity contribution >= 4 is 29.6 Å². The van der Waals surface area contributed by atoms with Crippen molar-refractivity contribution in [3.63, 3.8) is 0 Å². The summed E-state index contributed by atoms with van der Waals surface area (Å²) in [5.74, 6) is -3.92. The molecule has 1 aromatic carbocycles. The smallest absolute Gasteiger partial charge is 0.252 e. The van der Waals surface area contributed by atoms with Crippen molar-refractivity contribution in [2.24, 2.45) is 21.5 Å². The van der Waals surface area contributed by atoms with Crippen LogP contribution in [0.15, 0.2) is 28.2 Å². The Hall–Kier alpha value is -3.71. The van der Waals surface area contributed by atoms with Gasteiger partial charge in [-0.05, 0) is 29.5 Å². The van der Waals surface area contributed by atoms with Gasteiger partial charge in [-0.3, -0.25) is 19.3 Å². The lowest BCUT2D eigenvalue weighted by atomic mass is 9.80. The largest absolute Gasteiger partial charge is 0.370 e. The van der Waals surface area contributed by atoms with E-state index in [4.69, 9.17) is 11.5 Å². The number of rotatable bonds is 4. The highest BCUT2D eigenvalue weighted by Crippen LogP contribution is 2.45. The van der Waals surface area contributed by atoms with E-state index in [0.29, 0.717) is 5.56 Å². The van der Waals surface area contributed by atoms with Crippen LogP contribution < -0.4 is 22.1 Å². The zero-order valence-electron chi connectivity index (χ0n) is 21.9. The van der Waals surface area contributed by atoms with Gasteiger partial charge in [-0.25, -0.2) is 9.98 Å². The average molecular weight is 527 g/mol. The lowest BCUT2D eigenvalue weighted by molar-refractivity contribution is -0.230. The van der Waals surface area contributed by atoms with Crippen LogP contribution in [0, 0.1) is 6.92 Å². The van der Waals surface area contributed by atoms with E-state index in [2.05, 4.69) is 20.6 Å². The maximum absolute atomic E-state index is 13.5. The summed E-state index contributed by atoms with van der Waals surface area (Å²) in [6, 6.07) is 2.28. The molecule has 38 heavy (non-hydrogen) atoms. The van der Waals surface area contributed by atoms with Gasteiger partial charge in [-0.1, -0.05) is 32.9 Å². The SMILES string of the molecule is Cc1cccc(C(=O)NC2CN3C(N)=N[C@@H](CN4C(=O)CCC4=O)C4N=C(N)NC43C2(O)O)c1C(C)(C)C. The second-order valence-corrected chi connectivity index (χ2v) is 11.4. The number of aryl methyl sites for hydroxylation is 1. The van der Waals surface area contributed by atoms with E-state index in [1.807, 2.05) is 33.8 Å². The summed E-state index contributed by atoms with van der Waals surface area (Å²) in [5.41, 5.74) is 12.4. The van der Waals surface area contributed by atoms with Gasteiger partial charge in [0, 0.05) is 24.9 Å². The molecule has 13 heteroatoms. The fourth-order valence-corrected chi connectivity index (χ4v) is 6.34. The molecule has 0 saturated carbocycles. The zero-order valence-corrected chi connectivity index (χ0v) is 21.9. The minimum atomic E-state index is -2.62. The first-order valence-electron chi connectivity index (χ1n) is 12.6. The molecule has 4 atom stereocenters. The summed E-state index contributed by atoms with van der Waals surface area (Å²) in [5, 5.41) is 29.0. The van der Waals surface area contributed by atoms with Crippen LogP contribution in [0.4, 0.5) is 0 Å². The maximum Gasteiger partial charge on any atom is 0.252 e. The third-order valence-corrected chi connectivity index (χ3v) is 7.90. The second kappa shape index (κ2) is 8.40.